The summed E-state index contributed by atoms with van der Waals surface area (Å²) in [6, 6.07) is 23.3. The quantitative estimate of drug-likeness (QED) is 0.607. The number of nitrogens with zero attached hydrogens (tertiary/aromatic N) is 1. The Bertz CT molecular complexity index is 710. The van der Waals surface area contributed by atoms with Gasteiger partial charge in [0.1, 0.15) is 0 Å². The Kier molecular flexibility index (Phi) is 4.34. The van der Waals surface area contributed by atoms with E-state index in [-0.39, 0.29) is 0 Å². The van der Waals surface area contributed by atoms with Gasteiger partial charge in [0.25, 0.3) is 0 Å². The molecule has 0 aliphatic heterocycles. The van der Waals surface area contributed by atoms with Crippen molar-refractivity contribution in [2.75, 3.05) is 0 Å². The van der Waals surface area contributed by atoms with Crippen LogP contribution in [0.15, 0.2) is 72.9 Å². The Labute approximate surface area is 132 Å². The molecule has 3 aromatic rings. The fraction of sp³-hybridized carbons (Fsp3) is 0.190. The van der Waals surface area contributed by atoms with E-state index in [1.807, 2.05) is 24.4 Å². The van der Waals surface area contributed by atoms with Gasteiger partial charge in [-0.25, -0.2) is 0 Å². The lowest BCUT2D eigenvalue weighted by Crippen LogP contribution is -1.93. The third-order valence-electron chi connectivity index (χ3n) is 3.76. The van der Waals surface area contributed by atoms with Gasteiger partial charge in [0, 0.05) is 17.3 Å². The normalized spacial score (nSPS) is 10.9. The van der Waals surface area contributed by atoms with Crippen molar-refractivity contribution in [2.45, 2.75) is 20.3 Å². The number of aromatic nitrogens is 1. The third-order valence-corrected chi connectivity index (χ3v) is 3.76. The molecule has 1 heterocycles. The van der Waals surface area contributed by atoms with Crippen LogP contribution in [0.1, 0.15) is 19.4 Å². The van der Waals surface area contributed by atoms with E-state index in [4.69, 9.17) is 0 Å². The van der Waals surface area contributed by atoms with E-state index in [1.54, 1.807) is 0 Å². The molecule has 0 aliphatic carbocycles. The van der Waals surface area contributed by atoms with E-state index in [0.717, 1.165) is 23.2 Å². The first kappa shape index (κ1) is 14.5. The van der Waals surface area contributed by atoms with Gasteiger partial charge in [-0.1, -0.05) is 74.5 Å². The van der Waals surface area contributed by atoms with Gasteiger partial charge < -0.3 is 0 Å². The molecule has 0 aliphatic rings. The summed E-state index contributed by atoms with van der Waals surface area (Å²) in [4.78, 5) is 4.60. The summed E-state index contributed by atoms with van der Waals surface area (Å²) in [6.07, 6.45) is 3.09. The predicted molar refractivity (Wildman–Crippen MR) is 93.7 cm³/mol. The Morgan fingerprint density at radius 2 is 1.41 bits per heavy atom. The third kappa shape index (κ3) is 3.43. The van der Waals surface area contributed by atoms with E-state index in [9.17, 15) is 0 Å². The molecule has 22 heavy (non-hydrogen) atoms. The molecular formula is C21H21N. The number of rotatable bonds is 4. The van der Waals surface area contributed by atoms with Crippen LogP contribution in [-0.4, -0.2) is 4.98 Å². The van der Waals surface area contributed by atoms with Gasteiger partial charge in [-0.2, -0.15) is 0 Å². The van der Waals surface area contributed by atoms with Crippen molar-refractivity contribution >= 4 is 0 Å². The molecule has 0 radical (unpaired) electrons. The van der Waals surface area contributed by atoms with Crippen molar-refractivity contribution in [2.24, 2.45) is 5.92 Å². The monoisotopic (exact) mass is 287 g/mol. The summed E-state index contributed by atoms with van der Waals surface area (Å²) in [7, 11) is 0. The summed E-state index contributed by atoms with van der Waals surface area (Å²) in [6.45, 7) is 4.50. The Hall–Kier alpha value is -2.41. The molecule has 2 aromatic carbocycles. The van der Waals surface area contributed by atoms with Crippen molar-refractivity contribution in [1.29, 1.82) is 0 Å². The highest BCUT2D eigenvalue weighted by atomic mass is 14.7. The lowest BCUT2D eigenvalue weighted by Gasteiger charge is -2.07. The Morgan fingerprint density at radius 3 is 2.00 bits per heavy atom. The molecule has 0 amide bonds. The summed E-state index contributed by atoms with van der Waals surface area (Å²) >= 11 is 0. The van der Waals surface area contributed by atoms with Crippen LogP contribution in [0.25, 0.3) is 22.4 Å². The average molecular weight is 287 g/mol. The van der Waals surface area contributed by atoms with Crippen molar-refractivity contribution in [1.82, 2.24) is 4.98 Å². The minimum absolute atomic E-state index is 0.692. The molecule has 0 spiro atoms. The van der Waals surface area contributed by atoms with E-state index in [0.29, 0.717) is 5.92 Å². The van der Waals surface area contributed by atoms with Crippen molar-refractivity contribution in [3.05, 3.63) is 78.5 Å². The van der Waals surface area contributed by atoms with Gasteiger partial charge in [0.05, 0.1) is 5.69 Å². The number of hydrogen-bond donors (Lipinski definition) is 0. The average Bonchev–Trinajstić information content (AvgIpc) is 2.56. The van der Waals surface area contributed by atoms with Crippen LogP contribution in [0.4, 0.5) is 0 Å². The van der Waals surface area contributed by atoms with Crippen LogP contribution in [0.3, 0.4) is 0 Å². The first-order valence-electron chi connectivity index (χ1n) is 7.83. The fourth-order valence-electron chi connectivity index (χ4n) is 2.65. The largest absolute Gasteiger partial charge is 0.256 e. The number of pyridine rings is 1. The lowest BCUT2D eigenvalue weighted by molar-refractivity contribution is 0.647. The van der Waals surface area contributed by atoms with Gasteiger partial charge in [-0.05, 0) is 29.5 Å². The molecule has 0 atom stereocenters. The van der Waals surface area contributed by atoms with Crippen LogP contribution >= 0.6 is 0 Å². The van der Waals surface area contributed by atoms with E-state index < -0.39 is 0 Å². The summed E-state index contributed by atoms with van der Waals surface area (Å²) in [5.41, 5.74) is 5.95. The van der Waals surface area contributed by atoms with E-state index in [2.05, 4.69) is 67.4 Å². The molecule has 0 saturated heterocycles. The molecular weight excluding hydrogens is 266 g/mol. The Balaban J connectivity index is 1.81. The highest BCUT2D eigenvalue weighted by Crippen LogP contribution is 2.23. The number of hydrogen-bond acceptors (Lipinski definition) is 1. The van der Waals surface area contributed by atoms with Crippen LogP contribution in [-0.2, 0) is 6.42 Å². The summed E-state index contributed by atoms with van der Waals surface area (Å²) in [5.74, 6) is 0.692. The minimum Gasteiger partial charge on any atom is -0.256 e. The van der Waals surface area contributed by atoms with Crippen molar-refractivity contribution in [3.63, 3.8) is 0 Å². The molecule has 0 unspecified atom stereocenters. The summed E-state index contributed by atoms with van der Waals surface area (Å²) < 4.78 is 0. The zero-order valence-corrected chi connectivity index (χ0v) is 13.2. The second-order valence-electron chi connectivity index (χ2n) is 6.09. The van der Waals surface area contributed by atoms with Crippen LogP contribution in [0.5, 0.6) is 0 Å². The molecule has 0 saturated carbocycles. The minimum atomic E-state index is 0.692. The van der Waals surface area contributed by atoms with Gasteiger partial charge in [-0.3, -0.25) is 4.98 Å². The van der Waals surface area contributed by atoms with Gasteiger partial charge in [0.2, 0.25) is 0 Å². The molecule has 1 nitrogen and oxygen atoms in total. The zero-order chi connectivity index (χ0) is 15.4. The van der Waals surface area contributed by atoms with Gasteiger partial charge in [0.15, 0.2) is 0 Å². The maximum Gasteiger partial charge on any atom is 0.0702 e. The van der Waals surface area contributed by atoms with Crippen molar-refractivity contribution < 1.29 is 0 Å². The van der Waals surface area contributed by atoms with Gasteiger partial charge >= 0.3 is 0 Å². The second-order valence-corrected chi connectivity index (χ2v) is 6.09. The second kappa shape index (κ2) is 6.57. The lowest BCUT2D eigenvalue weighted by atomic mass is 9.99. The van der Waals surface area contributed by atoms with Crippen molar-refractivity contribution in [3.8, 4) is 22.4 Å². The van der Waals surface area contributed by atoms with E-state index in [1.165, 1.54) is 11.1 Å². The zero-order valence-electron chi connectivity index (χ0n) is 13.2. The molecule has 1 heteroatoms. The Morgan fingerprint density at radius 1 is 0.727 bits per heavy atom. The molecule has 0 N–H and O–H groups in total. The van der Waals surface area contributed by atoms with E-state index >= 15 is 0 Å². The predicted octanol–water partition coefficient (Wildman–Crippen LogP) is 5.61. The molecule has 0 fully saturated rings. The molecule has 3 rings (SSSR count). The number of benzene rings is 2. The maximum atomic E-state index is 4.60. The smallest absolute Gasteiger partial charge is 0.0702 e. The fourth-order valence-corrected chi connectivity index (χ4v) is 2.65. The first-order chi connectivity index (χ1) is 10.7. The van der Waals surface area contributed by atoms with Crippen LogP contribution in [0.2, 0.25) is 0 Å². The maximum absolute atomic E-state index is 4.60. The highest BCUT2D eigenvalue weighted by Gasteiger charge is 2.02. The highest BCUT2D eigenvalue weighted by molar-refractivity contribution is 5.66. The van der Waals surface area contributed by atoms with Gasteiger partial charge in [-0.15, -0.1) is 0 Å². The van der Waals surface area contributed by atoms with Crippen LogP contribution in [0, 0.1) is 5.92 Å². The molecule has 110 valence electrons. The first-order valence-corrected chi connectivity index (χ1v) is 7.83. The summed E-state index contributed by atoms with van der Waals surface area (Å²) in [5, 5.41) is 0. The topological polar surface area (TPSA) is 12.9 Å². The van der Waals surface area contributed by atoms with Crippen LogP contribution < -0.4 is 0 Å². The SMILES string of the molecule is CC(C)Cc1ccc(-c2ccc(-c3ccccc3)nc2)cc1. The molecule has 1 aromatic heterocycles. The standard InChI is InChI=1S/C21H21N/c1-16(2)14-17-8-10-18(11-9-17)20-12-13-21(22-15-20)19-6-4-3-5-7-19/h3-13,15-16H,14H2,1-2H3. The molecule has 0 bridgehead atoms.